The van der Waals surface area contributed by atoms with Crippen LogP contribution in [0.4, 0.5) is 4.39 Å². The van der Waals surface area contributed by atoms with Crippen molar-refractivity contribution in [2.24, 2.45) is 5.84 Å². The number of nitrogens with one attached hydrogen (secondary N) is 1. The first kappa shape index (κ1) is 11.4. The summed E-state index contributed by atoms with van der Waals surface area (Å²) in [6.07, 6.45) is 0. The van der Waals surface area contributed by atoms with Crippen molar-refractivity contribution in [1.29, 1.82) is 0 Å². The van der Waals surface area contributed by atoms with Gasteiger partial charge in [0, 0.05) is 12.7 Å². The molecule has 0 aliphatic rings. The van der Waals surface area contributed by atoms with E-state index >= 15 is 0 Å². The first-order valence-corrected chi connectivity index (χ1v) is 4.47. The van der Waals surface area contributed by atoms with Gasteiger partial charge in [0.2, 0.25) is 0 Å². The monoisotopic (exact) mass is 218 g/mol. The minimum absolute atomic E-state index is 0.0823. The van der Waals surface area contributed by atoms with Crippen molar-refractivity contribution in [3.05, 3.63) is 34.6 Å². The van der Waals surface area contributed by atoms with E-state index < -0.39 is 11.9 Å². The van der Waals surface area contributed by atoms with Gasteiger partial charge in [0.15, 0.2) is 0 Å². The molecule has 0 heterocycles. The molecule has 3 nitrogen and oxygen atoms in total. The fourth-order valence-electron chi connectivity index (χ4n) is 1.18. The smallest absolute Gasteiger partial charge is 0.146 e. The molecule has 14 heavy (non-hydrogen) atoms. The van der Waals surface area contributed by atoms with Gasteiger partial charge in [-0.2, -0.15) is 0 Å². The SMILES string of the molecule is COCC(NN)c1cccc(Cl)c1F. The molecule has 0 bridgehead atoms. The van der Waals surface area contributed by atoms with E-state index in [4.69, 9.17) is 22.2 Å². The van der Waals surface area contributed by atoms with Crippen molar-refractivity contribution in [3.63, 3.8) is 0 Å². The first-order chi connectivity index (χ1) is 6.70. The standard InChI is InChI=1S/C9H12ClFN2O/c1-14-5-8(13-12)6-3-2-4-7(10)9(6)11/h2-4,8,13H,5,12H2,1H3. The van der Waals surface area contributed by atoms with E-state index in [0.717, 1.165) is 0 Å². The summed E-state index contributed by atoms with van der Waals surface area (Å²) in [6.45, 7) is 0.285. The van der Waals surface area contributed by atoms with Gasteiger partial charge in [-0.1, -0.05) is 23.7 Å². The van der Waals surface area contributed by atoms with E-state index in [0.29, 0.717) is 5.56 Å². The van der Waals surface area contributed by atoms with Gasteiger partial charge in [0.05, 0.1) is 17.7 Å². The maximum absolute atomic E-state index is 13.5. The molecule has 1 atom stereocenters. The normalized spacial score (nSPS) is 12.9. The maximum Gasteiger partial charge on any atom is 0.146 e. The molecule has 78 valence electrons. The van der Waals surface area contributed by atoms with Crippen LogP contribution in [0.5, 0.6) is 0 Å². The summed E-state index contributed by atoms with van der Waals surface area (Å²) >= 11 is 5.63. The zero-order valence-electron chi connectivity index (χ0n) is 7.76. The Labute approximate surface area is 87.0 Å². The van der Waals surface area contributed by atoms with Gasteiger partial charge < -0.3 is 4.74 Å². The average Bonchev–Trinajstić information content (AvgIpc) is 2.19. The molecule has 0 saturated heterocycles. The van der Waals surface area contributed by atoms with E-state index in [2.05, 4.69) is 5.43 Å². The molecule has 0 radical (unpaired) electrons. The molecule has 0 aromatic heterocycles. The first-order valence-electron chi connectivity index (χ1n) is 4.09. The highest BCUT2D eigenvalue weighted by molar-refractivity contribution is 6.30. The van der Waals surface area contributed by atoms with Gasteiger partial charge in [-0.25, -0.2) is 4.39 Å². The van der Waals surface area contributed by atoms with Gasteiger partial charge in [-0.15, -0.1) is 0 Å². The Hall–Kier alpha value is -0.680. The van der Waals surface area contributed by atoms with E-state index in [1.54, 1.807) is 12.1 Å². The van der Waals surface area contributed by atoms with Crippen molar-refractivity contribution >= 4 is 11.6 Å². The van der Waals surface area contributed by atoms with E-state index in [1.807, 2.05) is 0 Å². The summed E-state index contributed by atoms with van der Waals surface area (Å²) in [5.74, 6) is 4.81. The number of hydrogen-bond acceptors (Lipinski definition) is 3. The molecule has 0 spiro atoms. The van der Waals surface area contributed by atoms with Crippen molar-refractivity contribution in [2.45, 2.75) is 6.04 Å². The van der Waals surface area contributed by atoms with Crippen molar-refractivity contribution in [1.82, 2.24) is 5.43 Å². The maximum atomic E-state index is 13.5. The molecule has 1 aromatic rings. The van der Waals surface area contributed by atoms with Crippen LogP contribution in [0.3, 0.4) is 0 Å². The molecule has 0 aliphatic heterocycles. The third kappa shape index (κ3) is 2.42. The molecule has 0 fully saturated rings. The Bertz CT molecular complexity index is 309. The lowest BCUT2D eigenvalue weighted by molar-refractivity contribution is 0.166. The van der Waals surface area contributed by atoms with Crippen molar-refractivity contribution < 1.29 is 9.13 Å². The minimum atomic E-state index is -0.464. The van der Waals surface area contributed by atoms with Gasteiger partial charge >= 0.3 is 0 Å². The fraction of sp³-hybridized carbons (Fsp3) is 0.333. The summed E-state index contributed by atoms with van der Waals surface area (Å²) in [5, 5.41) is 0.0823. The number of hydrazine groups is 1. The molecule has 0 aliphatic carbocycles. The average molecular weight is 219 g/mol. The van der Waals surface area contributed by atoms with E-state index in [1.165, 1.54) is 13.2 Å². The summed E-state index contributed by atoms with van der Waals surface area (Å²) in [5.41, 5.74) is 2.87. The minimum Gasteiger partial charge on any atom is -0.383 e. The van der Waals surface area contributed by atoms with Crippen LogP contribution in [-0.4, -0.2) is 13.7 Å². The van der Waals surface area contributed by atoms with Gasteiger partial charge in [0.25, 0.3) is 0 Å². The number of ether oxygens (including phenoxy) is 1. The third-order valence-corrected chi connectivity index (χ3v) is 2.18. The predicted octanol–water partition coefficient (Wildman–Crippen LogP) is 1.63. The molecule has 1 unspecified atom stereocenters. The highest BCUT2D eigenvalue weighted by Crippen LogP contribution is 2.22. The van der Waals surface area contributed by atoms with Crippen LogP contribution in [0.2, 0.25) is 5.02 Å². The van der Waals surface area contributed by atoms with Crippen molar-refractivity contribution in [2.75, 3.05) is 13.7 Å². The molecule has 0 amide bonds. The lowest BCUT2D eigenvalue weighted by atomic mass is 10.1. The topological polar surface area (TPSA) is 47.3 Å². The number of hydrogen-bond donors (Lipinski definition) is 2. The van der Waals surface area contributed by atoms with Gasteiger partial charge in [-0.3, -0.25) is 11.3 Å². The summed E-state index contributed by atoms with van der Waals surface area (Å²) in [7, 11) is 1.52. The number of nitrogens with two attached hydrogens (primary N) is 1. The molecule has 3 N–H and O–H groups in total. The molecule has 1 aromatic carbocycles. The summed E-state index contributed by atoms with van der Waals surface area (Å²) in [4.78, 5) is 0. The van der Waals surface area contributed by atoms with Crippen LogP contribution < -0.4 is 11.3 Å². The fourth-order valence-corrected chi connectivity index (χ4v) is 1.37. The third-order valence-electron chi connectivity index (χ3n) is 1.89. The molecular weight excluding hydrogens is 207 g/mol. The largest absolute Gasteiger partial charge is 0.383 e. The van der Waals surface area contributed by atoms with E-state index in [9.17, 15) is 4.39 Å². The molecular formula is C9H12ClFN2O. The Balaban J connectivity index is 2.97. The van der Waals surface area contributed by atoms with Crippen LogP contribution in [0.15, 0.2) is 18.2 Å². The zero-order valence-corrected chi connectivity index (χ0v) is 8.51. The molecule has 5 heteroatoms. The second-order valence-electron chi connectivity index (χ2n) is 2.82. The van der Waals surface area contributed by atoms with Crippen LogP contribution in [0, 0.1) is 5.82 Å². The van der Waals surface area contributed by atoms with Crippen LogP contribution in [0.25, 0.3) is 0 Å². The Morgan fingerprint density at radius 2 is 2.36 bits per heavy atom. The number of methoxy groups -OCH3 is 1. The number of halogens is 2. The van der Waals surface area contributed by atoms with Crippen LogP contribution in [0.1, 0.15) is 11.6 Å². The van der Waals surface area contributed by atoms with Crippen LogP contribution >= 0.6 is 11.6 Å². The molecule has 1 rings (SSSR count). The second-order valence-corrected chi connectivity index (χ2v) is 3.22. The quantitative estimate of drug-likeness (QED) is 0.597. The van der Waals surface area contributed by atoms with Gasteiger partial charge in [-0.05, 0) is 6.07 Å². The van der Waals surface area contributed by atoms with Crippen molar-refractivity contribution in [3.8, 4) is 0 Å². The van der Waals surface area contributed by atoms with Crippen LogP contribution in [-0.2, 0) is 4.74 Å². The zero-order chi connectivity index (χ0) is 10.6. The lowest BCUT2D eigenvalue weighted by Crippen LogP contribution is -2.31. The Morgan fingerprint density at radius 1 is 1.64 bits per heavy atom. The summed E-state index contributed by atoms with van der Waals surface area (Å²) < 4.78 is 18.4. The van der Waals surface area contributed by atoms with E-state index in [-0.39, 0.29) is 11.6 Å². The second kappa shape index (κ2) is 5.26. The lowest BCUT2D eigenvalue weighted by Gasteiger charge is -2.16. The Morgan fingerprint density at radius 3 is 2.93 bits per heavy atom. The Kier molecular flexibility index (Phi) is 4.28. The number of benzene rings is 1. The molecule has 0 saturated carbocycles. The highest BCUT2D eigenvalue weighted by atomic mass is 35.5. The predicted molar refractivity (Wildman–Crippen MR) is 53.4 cm³/mol. The highest BCUT2D eigenvalue weighted by Gasteiger charge is 2.15. The number of rotatable bonds is 4. The van der Waals surface area contributed by atoms with Gasteiger partial charge in [0.1, 0.15) is 5.82 Å². The summed E-state index contributed by atoms with van der Waals surface area (Å²) in [6, 6.07) is 4.38.